The Morgan fingerprint density at radius 2 is 2.22 bits per heavy atom. The fourth-order valence-electron chi connectivity index (χ4n) is 2.12. The number of benzene rings is 1. The summed E-state index contributed by atoms with van der Waals surface area (Å²) in [5, 5.41) is 4.28. The van der Waals surface area contributed by atoms with Gasteiger partial charge in [-0.1, -0.05) is 0 Å². The van der Waals surface area contributed by atoms with Crippen molar-refractivity contribution < 1.29 is 9.47 Å². The van der Waals surface area contributed by atoms with E-state index in [4.69, 9.17) is 9.47 Å². The van der Waals surface area contributed by atoms with Crippen molar-refractivity contribution in [2.24, 2.45) is 0 Å². The molecule has 0 radical (unpaired) electrons. The van der Waals surface area contributed by atoms with Crippen LogP contribution in [-0.2, 0) is 5.60 Å². The topological polar surface area (TPSA) is 44.2 Å². The van der Waals surface area contributed by atoms with Gasteiger partial charge in [0.05, 0.1) is 0 Å². The molecule has 0 amide bonds. The molecule has 0 saturated carbocycles. The first-order valence-electron chi connectivity index (χ1n) is 5.91. The third-order valence-electron chi connectivity index (χ3n) is 2.92. The summed E-state index contributed by atoms with van der Waals surface area (Å²) in [5.74, 6) is 1.66. The molecule has 94 valence electrons. The van der Waals surface area contributed by atoms with Gasteiger partial charge in [-0.3, -0.25) is 0 Å². The zero-order valence-electron chi connectivity index (χ0n) is 10.6. The van der Waals surface area contributed by atoms with Crippen molar-refractivity contribution in [3.63, 3.8) is 0 Å². The molecular formula is C13H14N2O2Se. The Morgan fingerprint density at radius 1 is 1.39 bits per heavy atom. The van der Waals surface area contributed by atoms with Crippen molar-refractivity contribution in [2.75, 3.05) is 6.61 Å². The van der Waals surface area contributed by atoms with Crippen LogP contribution < -0.4 is 9.47 Å². The molecule has 0 unspecified atom stereocenters. The molecule has 3 rings (SSSR count). The number of hydrogen-bond acceptors (Lipinski definition) is 4. The minimum atomic E-state index is -0.323. The number of ether oxygens (including phenoxy) is 2. The summed E-state index contributed by atoms with van der Waals surface area (Å²) in [6.07, 6.45) is 0. The summed E-state index contributed by atoms with van der Waals surface area (Å²) in [4.78, 5) is 0. The van der Waals surface area contributed by atoms with E-state index in [-0.39, 0.29) is 20.3 Å². The SMILES string of the molecule is CCOc1ccc2c(c1)OC(C)(C)c1[se]nnc1-2. The molecule has 1 aromatic carbocycles. The summed E-state index contributed by atoms with van der Waals surface area (Å²) in [6, 6.07) is 5.89. The molecule has 18 heavy (non-hydrogen) atoms. The van der Waals surface area contributed by atoms with Gasteiger partial charge in [-0.05, 0) is 0 Å². The molecule has 1 aliphatic heterocycles. The standard InChI is InChI=1S/C13H14N2O2Se/c1-4-16-8-5-6-9-10(7-8)17-13(2,3)12-11(9)14-15-18-12/h5-7H,4H2,1-3H3. The van der Waals surface area contributed by atoms with E-state index in [1.807, 2.05) is 25.1 Å². The average Bonchev–Trinajstić information content (AvgIpc) is 2.78. The van der Waals surface area contributed by atoms with Crippen molar-refractivity contribution in [3.05, 3.63) is 22.6 Å². The summed E-state index contributed by atoms with van der Waals surface area (Å²) in [5.41, 5.74) is 1.69. The summed E-state index contributed by atoms with van der Waals surface area (Å²) < 4.78 is 17.0. The molecule has 2 aromatic rings. The van der Waals surface area contributed by atoms with Gasteiger partial charge >= 0.3 is 112 Å². The van der Waals surface area contributed by atoms with E-state index in [1.165, 1.54) is 4.44 Å². The zero-order chi connectivity index (χ0) is 12.8. The maximum absolute atomic E-state index is 6.08. The van der Waals surface area contributed by atoms with Gasteiger partial charge in [0.2, 0.25) is 0 Å². The van der Waals surface area contributed by atoms with E-state index in [0.717, 1.165) is 22.8 Å². The summed E-state index contributed by atoms with van der Waals surface area (Å²) in [6.45, 7) is 6.75. The second-order valence-electron chi connectivity index (χ2n) is 4.65. The molecule has 0 N–H and O–H groups in total. The van der Waals surface area contributed by atoms with Crippen LogP contribution in [0.3, 0.4) is 0 Å². The fourth-order valence-corrected chi connectivity index (χ4v) is 3.60. The number of aromatic nitrogens is 2. The Balaban J connectivity index is 2.14. The normalized spacial score (nSPS) is 15.5. The third-order valence-corrected chi connectivity index (χ3v) is 5.08. The first-order valence-corrected chi connectivity index (χ1v) is 7.53. The minimum absolute atomic E-state index is 0.0646. The van der Waals surface area contributed by atoms with Crippen LogP contribution in [-0.4, -0.2) is 30.5 Å². The average molecular weight is 309 g/mol. The van der Waals surface area contributed by atoms with Crippen molar-refractivity contribution in [3.8, 4) is 22.8 Å². The fraction of sp³-hybridized carbons (Fsp3) is 0.385. The van der Waals surface area contributed by atoms with E-state index in [2.05, 4.69) is 23.0 Å². The van der Waals surface area contributed by atoms with Gasteiger partial charge in [0.15, 0.2) is 0 Å². The second kappa shape index (κ2) is 4.11. The Hall–Kier alpha value is -1.32. The molecule has 5 heteroatoms. The van der Waals surface area contributed by atoms with Crippen LogP contribution in [0.25, 0.3) is 11.3 Å². The quantitative estimate of drug-likeness (QED) is 0.798. The van der Waals surface area contributed by atoms with Gasteiger partial charge in [-0.15, -0.1) is 0 Å². The van der Waals surface area contributed by atoms with Gasteiger partial charge in [0.25, 0.3) is 0 Å². The van der Waals surface area contributed by atoms with Crippen LogP contribution in [0.2, 0.25) is 0 Å². The second-order valence-corrected chi connectivity index (χ2v) is 6.24. The molecule has 0 saturated heterocycles. The van der Waals surface area contributed by atoms with Crippen molar-refractivity contribution in [2.45, 2.75) is 26.4 Å². The van der Waals surface area contributed by atoms with Crippen molar-refractivity contribution in [1.82, 2.24) is 9.19 Å². The predicted molar refractivity (Wildman–Crippen MR) is 69.2 cm³/mol. The molecule has 0 fully saturated rings. The van der Waals surface area contributed by atoms with Gasteiger partial charge in [0, 0.05) is 0 Å². The Bertz CT molecular complexity index is 592. The molecule has 1 aromatic heterocycles. The molecule has 1 aliphatic rings. The van der Waals surface area contributed by atoms with Crippen LogP contribution in [0.15, 0.2) is 18.2 Å². The van der Waals surface area contributed by atoms with Gasteiger partial charge in [0.1, 0.15) is 0 Å². The first kappa shape index (κ1) is 11.8. The van der Waals surface area contributed by atoms with E-state index in [9.17, 15) is 0 Å². The van der Waals surface area contributed by atoms with Crippen LogP contribution >= 0.6 is 0 Å². The Labute approximate surface area is 112 Å². The van der Waals surface area contributed by atoms with Gasteiger partial charge in [-0.25, -0.2) is 0 Å². The first-order chi connectivity index (χ1) is 8.62. The van der Waals surface area contributed by atoms with Crippen LogP contribution in [0.1, 0.15) is 25.2 Å². The van der Waals surface area contributed by atoms with Crippen LogP contribution in [0, 0.1) is 0 Å². The predicted octanol–water partition coefficient (Wildman–Crippen LogP) is 2.23. The summed E-state index contributed by atoms with van der Waals surface area (Å²) in [7, 11) is 0. The van der Waals surface area contributed by atoms with Gasteiger partial charge < -0.3 is 0 Å². The van der Waals surface area contributed by atoms with E-state index < -0.39 is 0 Å². The molecule has 0 spiro atoms. The monoisotopic (exact) mass is 310 g/mol. The van der Waals surface area contributed by atoms with Crippen molar-refractivity contribution in [1.29, 1.82) is 0 Å². The number of fused-ring (bicyclic) bond motifs is 3. The van der Waals surface area contributed by atoms with E-state index in [1.54, 1.807) is 0 Å². The van der Waals surface area contributed by atoms with Crippen LogP contribution in [0.5, 0.6) is 11.5 Å². The number of rotatable bonds is 2. The van der Waals surface area contributed by atoms with E-state index >= 15 is 0 Å². The Kier molecular flexibility index (Phi) is 2.68. The molecular weight excluding hydrogens is 295 g/mol. The van der Waals surface area contributed by atoms with E-state index in [0.29, 0.717) is 6.61 Å². The Morgan fingerprint density at radius 3 is 3.00 bits per heavy atom. The molecule has 0 bridgehead atoms. The maximum atomic E-state index is 6.08. The molecule has 0 atom stereocenters. The number of nitrogens with zero attached hydrogens (tertiary/aromatic N) is 2. The molecule has 2 heterocycles. The van der Waals surface area contributed by atoms with Crippen molar-refractivity contribution >= 4 is 14.7 Å². The zero-order valence-corrected chi connectivity index (χ0v) is 12.3. The molecule has 0 aliphatic carbocycles. The number of hydrogen-bond donors (Lipinski definition) is 0. The molecule has 4 nitrogen and oxygen atoms in total. The summed E-state index contributed by atoms with van der Waals surface area (Å²) >= 11 is 0.0646. The third kappa shape index (κ3) is 1.74. The van der Waals surface area contributed by atoms with Crippen LogP contribution in [0.4, 0.5) is 0 Å². The van der Waals surface area contributed by atoms with Gasteiger partial charge in [-0.2, -0.15) is 0 Å².